The lowest BCUT2D eigenvalue weighted by Crippen LogP contribution is -2.23. The van der Waals surface area contributed by atoms with Crippen LogP contribution in [0, 0.1) is 0 Å². The smallest absolute Gasteiger partial charge is 0.103 e. The first-order valence-corrected chi connectivity index (χ1v) is 6.83. The van der Waals surface area contributed by atoms with Crippen LogP contribution < -0.4 is 27.6 Å². The summed E-state index contributed by atoms with van der Waals surface area (Å²) in [5.74, 6) is 0.365. The van der Waals surface area contributed by atoms with Gasteiger partial charge in [-0.15, -0.1) is 22.7 Å². The van der Waals surface area contributed by atoms with Gasteiger partial charge in [-0.1, -0.05) is 0 Å². The summed E-state index contributed by atoms with van der Waals surface area (Å²) in [6.07, 6.45) is 1.66. The molecule has 0 amide bonds. The largest absolute Gasteiger partial charge is 0.404 e. The molecule has 0 aliphatic heterocycles. The monoisotopic (exact) mass is 261 g/mol. The Bertz CT molecular complexity index is 765. The van der Waals surface area contributed by atoms with Crippen LogP contribution in [0.3, 0.4) is 0 Å². The summed E-state index contributed by atoms with van der Waals surface area (Å²) >= 11 is 3.30. The number of nitrogens with two attached hydrogens (primary N) is 3. The molecule has 3 rings (SSSR count). The quantitative estimate of drug-likeness (QED) is 0.560. The molecule has 0 radical (unpaired) electrons. The fourth-order valence-electron chi connectivity index (χ4n) is 2.13. The van der Waals surface area contributed by atoms with E-state index in [0.717, 1.165) is 30.6 Å². The Balaban J connectivity index is 2.85. The molecule has 2 aromatic heterocycles. The zero-order valence-corrected chi connectivity index (χ0v) is 10.6. The average Bonchev–Trinajstić information content (AvgIpc) is 2.92. The predicted molar refractivity (Wildman–Crippen MR) is 76.9 cm³/mol. The summed E-state index contributed by atoms with van der Waals surface area (Å²) in [6, 6.07) is 4.10. The maximum Gasteiger partial charge on any atom is 0.103 e. The van der Waals surface area contributed by atoms with E-state index < -0.39 is 0 Å². The van der Waals surface area contributed by atoms with Gasteiger partial charge in [0.1, 0.15) is 5.82 Å². The first kappa shape index (κ1) is 10.4. The van der Waals surface area contributed by atoms with Crippen molar-refractivity contribution in [3.8, 4) is 0 Å². The van der Waals surface area contributed by atoms with E-state index in [2.05, 4.69) is 6.07 Å². The Morgan fingerprint density at radius 3 is 2.29 bits per heavy atom. The van der Waals surface area contributed by atoms with Crippen molar-refractivity contribution in [2.45, 2.75) is 0 Å². The highest BCUT2D eigenvalue weighted by atomic mass is 32.1. The predicted octanol–water partition coefficient (Wildman–Crippen LogP) is 0.796. The lowest BCUT2D eigenvalue weighted by atomic mass is 10.1. The molecule has 0 unspecified atom stereocenters. The van der Waals surface area contributed by atoms with Gasteiger partial charge in [0.15, 0.2) is 0 Å². The minimum atomic E-state index is 0.365. The molecule has 3 nitrogen and oxygen atoms in total. The molecule has 0 saturated heterocycles. The summed E-state index contributed by atoms with van der Waals surface area (Å²) in [7, 11) is 0. The third kappa shape index (κ3) is 1.33. The standard InChI is InChI=1S/C12H11N3S2/c13-5-8-6-1-3-17-11(6)9(12(14)15)7-2-4-16-10(7)8/h1-5H,13-15H2/b8-5+. The first-order valence-electron chi connectivity index (χ1n) is 5.07. The maximum atomic E-state index is 5.82. The molecule has 0 atom stereocenters. The van der Waals surface area contributed by atoms with Crippen LogP contribution in [0.4, 0.5) is 0 Å². The van der Waals surface area contributed by atoms with Gasteiger partial charge in [0, 0.05) is 36.8 Å². The molecular weight excluding hydrogens is 250 g/mol. The van der Waals surface area contributed by atoms with E-state index >= 15 is 0 Å². The second-order valence-electron chi connectivity index (χ2n) is 3.74. The summed E-state index contributed by atoms with van der Waals surface area (Å²) in [5, 5.41) is 8.28. The molecule has 86 valence electrons. The van der Waals surface area contributed by atoms with Crippen molar-refractivity contribution in [1.29, 1.82) is 0 Å². The molecule has 17 heavy (non-hydrogen) atoms. The summed E-state index contributed by atoms with van der Waals surface area (Å²) < 4.78 is 2.24. The van der Waals surface area contributed by atoms with Crippen LogP contribution in [0.25, 0.3) is 32.2 Å². The van der Waals surface area contributed by atoms with Crippen molar-refractivity contribution in [3.05, 3.63) is 33.3 Å². The van der Waals surface area contributed by atoms with Crippen LogP contribution in [0.2, 0.25) is 0 Å². The van der Waals surface area contributed by atoms with Crippen LogP contribution in [0.15, 0.2) is 22.9 Å². The average molecular weight is 261 g/mol. The van der Waals surface area contributed by atoms with Crippen LogP contribution in [-0.4, -0.2) is 0 Å². The van der Waals surface area contributed by atoms with Crippen molar-refractivity contribution in [3.63, 3.8) is 0 Å². The van der Waals surface area contributed by atoms with E-state index in [1.807, 2.05) is 16.8 Å². The molecule has 0 aliphatic rings. The topological polar surface area (TPSA) is 78.1 Å². The lowest BCUT2D eigenvalue weighted by molar-refractivity contribution is 1.44. The van der Waals surface area contributed by atoms with E-state index in [9.17, 15) is 0 Å². The Hall–Kier alpha value is -1.72. The Labute approximate surface area is 105 Å². The van der Waals surface area contributed by atoms with E-state index in [1.165, 1.54) is 0 Å². The maximum absolute atomic E-state index is 5.82. The third-order valence-corrected chi connectivity index (χ3v) is 4.70. The zero-order valence-electron chi connectivity index (χ0n) is 8.94. The molecule has 0 bridgehead atoms. The minimum Gasteiger partial charge on any atom is -0.404 e. The fraction of sp³-hybridized carbons (Fsp3) is 0. The minimum absolute atomic E-state index is 0.365. The molecule has 1 aromatic carbocycles. The van der Waals surface area contributed by atoms with Gasteiger partial charge in [0.2, 0.25) is 0 Å². The molecule has 3 aromatic rings. The molecule has 0 saturated carbocycles. The molecule has 5 heteroatoms. The number of fused-ring (bicyclic) bond motifs is 2. The number of rotatable bonds is 0. The van der Waals surface area contributed by atoms with Crippen LogP contribution in [0.1, 0.15) is 0 Å². The number of benzene rings is 1. The SMILES string of the molecule is N/C=c1\c2ccsc2c(=C(N)N)c2ccsc12. The molecule has 0 aliphatic carbocycles. The van der Waals surface area contributed by atoms with E-state index in [0.29, 0.717) is 5.82 Å². The Morgan fingerprint density at radius 1 is 1.00 bits per heavy atom. The Morgan fingerprint density at radius 2 is 1.65 bits per heavy atom. The van der Waals surface area contributed by atoms with E-state index in [-0.39, 0.29) is 0 Å². The van der Waals surface area contributed by atoms with Gasteiger partial charge in [-0.3, -0.25) is 0 Å². The van der Waals surface area contributed by atoms with Gasteiger partial charge >= 0.3 is 0 Å². The van der Waals surface area contributed by atoms with Gasteiger partial charge in [0.25, 0.3) is 0 Å². The van der Waals surface area contributed by atoms with Crippen LogP contribution in [-0.2, 0) is 0 Å². The second kappa shape index (κ2) is 3.65. The lowest BCUT2D eigenvalue weighted by Gasteiger charge is -2.00. The Kier molecular flexibility index (Phi) is 2.24. The normalized spacial score (nSPS) is 12.6. The van der Waals surface area contributed by atoms with Crippen molar-refractivity contribution in [2.24, 2.45) is 17.2 Å². The molecular formula is C12H11N3S2. The molecule has 6 N–H and O–H groups in total. The number of thiophene rings is 2. The molecule has 0 fully saturated rings. The van der Waals surface area contributed by atoms with Gasteiger partial charge in [0.05, 0.1) is 0 Å². The fourth-order valence-corrected chi connectivity index (χ4v) is 4.06. The van der Waals surface area contributed by atoms with Crippen LogP contribution in [0.5, 0.6) is 0 Å². The number of hydrogen-bond acceptors (Lipinski definition) is 5. The van der Waals surface area contributed by atoms with Crippen molar-refractivity contribution in [2.75, 3.05) is 0 Å². The highest BCUT2D eigenvalue weighted by molar-refractivity contribution is 7.18. The summed E-state index contributed by atoms with van der Waals surface area (Å²) in [6.45, 7) is 0. The molecule has 2 heterocycles. The highest BCUT2D eigenvalue weighted by Gasteiger charge is 2.08. The van der Waals surface area contributed by atoms with Gasteiger partial charge in [-0.25, -0.2) is 0 Å². The highest BCUT2D eigenvalue weighted by Crippen LogP contribution is 2.21. The van der Waals surface area contributed by atoms with Crippen molar-refractivity contribution < 1.29 is 0 Å². The van der Waals surface area contributed by atoms with Crippen LogP contribution >= 0.6 is 22.7 Å². The summed E-state index contributed by atoms with van der Waals surface area (Å²) in [5.41, 5.74) is 17.4. The second-order valence-corrected chi connectivity index (χ2v) is 5.57. The van der Waals surface area contributed by atoms with Crippen molar-refractivity contribution in [1.82, 2.24) is 0 Å². The zero-order chi connectivity index (χ0) is 12.0. The van der Waals surface area contributed by atoms with E-state index in [4.69, 9.17) is 17.2 Å². The third-order valence-electron chi connectivity index (χ3n) is 2.82. The van der Waals surface area contributed by atoms with Gasteiger partial charge in [-0.05, 0) is 22.9 Å². The molecule has 0 spiro atoms. The van der Waals surface area contributed by atoms with E-state index in [1.54, 1.807) is 28.9 Å². The summed E-state index contributed by atoms with van der Waals surface area (Å²) in [4.78, 5) is 0. The van der Waals surface area contributed by atoms with Gasteiger partial charge < -0.3 is 17.2 Å². The first-order chi connectivity index (χ1) is 8.24. The number of hydrogen-bond donors (Lipinski definition) is 3. The van der Waals surface area contributed by atoms with Gasteiger partial charge in [-0.2, -0.15) is 0 Å². The van der Waals surface area contributed by atoms with Crippen molar-refractivity contribution >= 4 is 54.9 Å².